The van der Waals surface area contributed by atoms with E-state index in [1.54, 1.807) is 25.1 Å². The largest absolute Gasteiger partial charge is 0.489 e. The first kappa shape index (κ1) is 34.5. The van der Waals surface area contributed by atoms with Crippen LogP contribution in [0, 0.1) is 0 Å². The van der Waals surface area contributed by atoms with Crippen LogP contribution in [0.5, 0.6) is 11.5 Å². The van der Waals surface area contributed by atoms with Gasteiger partial charge in [-0.2, -0.15) is 0 Å². The summed E-state index contributed by atoms with van der Waals surface area (Å²) in [6.45, 7) is 3.64. The molecule has 0 saturated heterocycles. The third kappa shape index (κ3) is 13.1. The van der Waals surface area contributed by atoms with Gasteiger partial charge in [0, 0.05) is 19.4 Å². The molecule has 2 N–H and O–H groups in total. The van der Waals surface area contributed by atoms with E-state index >= 15 is 0 Å². The Morgan fingerprint density at radius 1 is 0.804 bits per heavy atom. The lowest BCUT2D eigenvalue weighted by molar-refractivity contribution is -0.137. The van der Waals surface area contributed by atoms with Crippen molar-refractivity contribution in [2.45, 2.75) is 27.1 Å². The number of hydrogen-bond acceptors (Lipinski definition) is 8. The second-order valence-electron chi connectivity index (χ2n) is 9.66. The molecule has 0 aliphatic carbocycles. The fourth-order valence-electron chi connectivity index (χ4n) is 3.73. The summed E-state index contributed by atoms with van der Waals surface area (Å²) in [6, 6.07) is 34.5. The second-order valence-corrected chi connectivity index (χ2v) is 9.66. The maximum absolute atomic E-state index is 11.5. The number of carbonyl (C=O) groups is 4. The Morgan fingerprint density at radius 3 is 1.76 bits per heavy atom. The van der Waals surface area contributed by atoms with Gasteiger partial charge in [0.2, 0.25) is 5.91 Å². The van der Waals surface area contributed by atoms with Gasteiger partial charge in [-0.3, -0.25) is 14.4 Å². The molecule has 5 rings (SSSR count). The summed E-state index contributed by atoms with van der Waals surface area (Å²) in [4.78, 5) is 45.8. The molecule has 10 heteroatoms. The Labute approximate surface area is 267 Å². The van der Waals surface area contributed by atoms with Crippen LogP contribution < -0.4 is 14.8 Å². The quantitative estimate of drug-likeness (QED) is 0.127. The predicted octanol–water partition coefficient (Wildman–Crippen LogP) is 5.87. The van der Waals surface area contributed by atoms with Gasteiger partial charge in [0.1, 0.15) is 37.5 Å². The first-order valence-electron chi connectivity index (χ1n) is 14.2. The van der Waals surface area contributed by atoms with E-state index in [0.29, 0.717) is 36.1 Å². The van der Waals surface area contributed by atoms with Crippen molar-refractivity contribution in [3.8, 4) is 11.5 Å². The Balaban J connectivity index is 0.000000210. The van der Waals surface area contributed by atoms with E-state index < -0.39 is 11.9 Å². The third-order valence-corrected chi connectivity index (χ3v) is 5.87. The Kier molecular flexibility index (Phi) is 13.9. The van der Waals surface area contributed by atoms with Gasteiger partial charge < -0.3 is 24.6 Å². The molecule has 0 spiro atoms. The van der Waals surface area contributed by atoms with E-state index in [1.165, 1.54) is 6.92 Å². The molecule has 0 bridgehead atoms. The Morgan fingerprint density at radius 2 is 1.33 bits per heavy atom. The number of nitrogens with zero attached hydrogens (tertiary/aromatic N) is 1. The smallest absolute Gasteiger partial charge is 0.363 e. The molecule has 0 radical (unpaired) electrons. The molecule has 4 aromatic rings. The molecule has 1 heterocycles. The van der Waals surface area contributed by atoms with Crippen LogP contribution >= 0.6 is 0 Å². The Bertz CT molecular complexity index is 1650. The fraction of sp³-hybridized carbons (Fsp3) is 0.139. The summed E-state index contributed by atoms with van der Waals surface area (Å²) in [6.07, 6.45) is 2.50. The highest BCUT2D eigenvalue weighted by Crippen LogP contribution is 2.20. The number of rotatable bonds is 10. The predicted molar refractivity (Wildman–Crippen MR) is 173 cm³/mol. The zero-order chi connectivity index (χ0) is 33.1. The molecule has 0 saturated carbocycles. The van der Waals surface area contributed by atoms with Gasteiger partial charge in [0.05, 0.1) is 0 Å². The SMILES string of the molecule is CC(=O)NCC(=O)O.CC1=N/C(=C\c2cccc(OCc3ccccc3)c2)C(=O)O1.O=Cc1cccc(OCc2ccccc2)c1. The number of esters is 1. The molecular weight excluding hydrogens is 588 g/mol. The number of aldehydes is 1. The molecule has 236 valence electrons. The van der Waals surface area contributed by atoms with Gasteiger partial charge in [-0.1, -0.05) is 84.9 Å². The Hall–Kier alpha value is -6.03. The third-order valence-electron chi connectivity index (χ3n) is 5.87. The molecule has 1 aliphatic heterocycles. The number of ether oxygens (including phenoxy) is 3. The van der Waals surface area contributed by atoms with Crippen molar-refractivity contribution in [3.05, 3.63) is 137 Å². The number of amides is 1. The van der Waals surface area contributed by atoms with Gasteiger partial charge >= 0.3 is 11.9 Å². The van der Waals surface area contributed by atoms with Crippen LogP contribution in [-0.2, 0) is 32.3 Å². The number of aliphatic carboxylic acids is 1. The molecule has 46 heavy (non-hydrogen) atoms. The number of aliphatic imine (C=N–C) groups is 1. The van der Waals surface area contributed by atoms with Crippen molar-refractivity contribution in [1.82, 2.24) is 5.32 Å². The summed E-state index contributed by atoms with van der Waals surface area (Å²) in [5.74, 6) is 0.0483. The minimum atomic E-state index is -1.03. The highest BCUT2D eigenvalue weighted by atomic mass is 16.6. The van der Waals surface area contributed by atoms with Crippen LogP contribution in [0.1, 0.15) is 40.9 Å². The van der Waals surface area contributed by atoms with Gasteiger partial charge in [0.25, 0.3) is 0 Å². The molecular formula is C36H34N2O8. The van der Waals surface area contributed by atoms with Gasteiger partial charge in [-0.15, -0.1) is 0 Å². The van der Waals surface area contributed by atoms with E-state index in [4.69, 9.17) is 19.3 Å². The van der Waals surface area contributed by atoms with Crippen molar-refractivity contribution >= 4 is 36.1 Å². The van der Waals surface area contributed by atoms with E-state index in [-0.39, 0.29) is 12.5 Å². The number of carboxylic acid groups (broad SMARTS) is 1. The minimum absolute atomic E-state index is 0.296. The van der Waals surface area contributed by atoms with Crippen LogP contribution in [0.25, 0.3) is 6.08 Å². The first-order chi connectivity index (χ1) is 22.2. The van der Waals surface area contributed by atoms with Crippen molar-refractivity contribution in [3.63, 3.8) is 0 Å². The average molecular weight is 623 g/mol. The maximum Gasteiger partial charge on any atom is 0.363 e. The number of benzene rings is 4. The topological polar surface area (TPSA) is 141 Å². The van der Waals surface area contributed by atoms with E-state index in [2.05, 4.69) is 10.3 Å². The van der Waals surface area contributed by atoms with E-state index in [9.17, 15) is 19.2 Å². The maximum atomic E-state index is 11.5. The normalized spacial score (nSPS) is 12.3. The number of hydrogen-bond donors (Lipinski definition) is 2. The lowest BCUT2D eigenvalue weighted by atomic mass is 10.2. The standard InChI is InChI=1S/C18H15NO3.C14H12O2.C4H7NO3/c1-13-19-17(18(20)22-13)11-15-8-5-9-16(10-15)21-12-14-6-3-2-4-7-14;15-10-13-7-4-8-14(9-13)16-11-12-5-2-1-3-6-12;1-3(6)5-2-4(7)8/h2-11H,12H2,1H3;1-10H,11H2;2H2,1H3,(H,5,6)(H,7,8)/b17-11-;;. The second kappa shape index (κ2) is 18.6. The van der Waals surface area contributed by atoms with Crippen LogP contribution in [0.15, 0.2) is 120 Å². The van der Waals surface area contributed by atoms with Crippen molar-refractivity contribution in [2.24, 2.45) is 4.99 Å². The average Bonchev–Trinajstić information content (AvgIpc) is 3.39. The van der Waals surface area contributed by atoms with Crippen molar-refractivity contribution < 1.29 is 38.5 Å². The molecule has 1 amide bonds. The van der Waals surface area contributed by atoms with E-state index in [0.717, 1.165) is 28.7 Å². The van der Waals surface area contributed by atoms with Crippen LogP contribution in [0.4, 0.5) is 0 Å². The summed E-state index contributed by atoms with van der Waals surface area (Å²) >= 11 is 0. The molecule has 0 atom stereocenters. The monoisotopic (exact) mass is 622 g/mol. The highest BCUT2D eigenvalue weighted by Gasteiger charge is 2.19. The minimum Gasteiger partial charge on any atom is -0.489 e. The van der Waals surface area contributed by atoms with Gasteiger partial charge in [0.15, 0.2) is 11.6 Å². The summed E-state index contributed by atoms with van der Waals surface area (Å²) in [5, 5.41) is 10.1. The molecule has 4 aromatic carbocycles. The zero-order valence-electron chi connectivity index (χ0n) is 25.4. The summed E-state index contributed by atoms with van der Waals surface area (Å²) in [5.41, 5.74) is 3.99. The lowest BCUT2D eigenvalue weighted by Crippen LogP contribution is -2.26. The lowest BCUT2D eigenvalue weighted by Gasteiger charge is -2.07. The summed E-state index contributed by atoms with van der Waals surface area (Å²) < 4.78 is 16.2. The molecule has 0 fully saturated rings. The number of carboxylic acids is 1. The van der Waals surface area contributed by atoms with Crippen molar-refractivity contribution in [1.29, 1.82) is 0 Å². The van der Waals surface area contributed by atoms with Crippen LogP contribution in [0.3, 0.4) is 0 Å². The van der Waals surface area contributed by atoms with Crippen molar-refractivity contribution in [2.75, 3.05) is 6.54 Å². The van der Waals surface area contributed by atoms with Gasteiger partial charge in [-0.25, -0.2) is 9.79 Å². The number of nitrogens with one attached hydrogen (secondary N) is 1. The fourth-order valence-corrected chi connectivity index (χ4v) is 3.73. The molecule has 1 aliphatic rings. The van der Waals surface area contributed by atoms with Gasteiger partial charge in [-0.05, 0) is 47.0 Å². The number of carbonyl (C=O) groups excluding carboxylic acids is 3. The molecule has 10 nitrogen and oxygen atoms in total. The number of cyclic esters (lactones) is 1. The highest BCUT2D eigenvalue weighted by molar-refractivity contribution is 6.06. The van der Waals surface area contributed by atoms with Crippen LogP contribution in [0.2, 0.25) is 0 Å². The van der Waals surface area contributed by atoms with Crippen LogP contribution in [-0.4, -0.2) is 41.7 Å². The van der Waals surface area contributed by atoms with E-state index in [1.807, 2.05) is 97.1 Å². The zero-order valence-corrected chi connectivity index (χ0v) is 25.4. The molecule has 0 aromatic heterocycles. The molecule has 0 unspecified atom stereocenters. The first-order valence-corrected chi connectivity index (χ1v) is 14.2. The summed E-state index contributed by atoms with van der Waals surface area (Å²) in [7, 11) is 0.